The van der Waals surface area contributed by atoms with Gasteiger partial charge in [-0.3, -0.25) is 0 Å². The van der Waals surface area contributed by atoms with E-state index >= 15 is 0 Å². The van der Waals surface area contributed by atoms with E-state index in [1.807, 2.05) is 91.0 Å². The van der Waals surface area contributed by atoms with E-state index in [1.165, 1.54) is 0 Å². The molecule has 0 radical (unpaired) electrons. The summed E-state index contributed by atoms with van der Waals surface area (Å²) < 4.78 is 25.3. The molecule has 0 spiro atoms. The molecule has 39 heavy (non-hydrogen) atoms. The number of ether oxygens (including phenoxy) is 3. The van der Waals surface area contributed by atoms with E-state index in [0.717, 1.165) is 16.7 Å². The fourth-order valence-electron chi connectivity index (χ4n) is 3.97. The highest BCUT2D eigenvalue weighted by atomic mass is 28.4. The largest absolute Gasteiger partial charge is 0.417 e. The van der Waals surface area contributed by atoms with Crippen molar-refractivity contribution in [2.75, 3.05) is 13.2 Å². The molecular weight excluding hydrogens is 504 g/mol. The van der Waals surface area contributed by atoms with Gasteiger partial charge in [0.25, 0.3) is 0 Å². The van der Waals surface area contributed by atoms with Crippen LogP contribution in [0.4, 0.5) is 0 Å². The average Bonchev–Trinajstić information content (AvgIpc) is 2.92. The molecule has 0 bridgehead atoms. The summed E-state index contributed by atoms with van der Waals surface area (Å²) in [4.78, 5) is 0. The monoisotopic (exact) mass is 550 g/mol. The smallest absolute Gasteiger partial charge is 0.191 e. The molecular formula is C33H46O5Si. The molecule has 3 atom stereocenters. The van der Waals surface area contributed by atoms with Gasteiger partial charge in [-0.2, -0.15) is 0 Å². The van der Waals surface area contributed by atoms with E-state index in [1.54, 1.807) is 0 Å². The number of aliphatic hydroxyl groups excluding tert-OH is 1. The summed E-state index contributed by atoms with van der Waals surface area (Å²) in [5.74, 6) is 0. The summed E-state index contributed by atoms with van der Waals surface area (Å²) >= 11 is 0. The third-order valence-corrected chi connectivity index (χ3v) is 11.9. The second-order valence-electron chi connectivity index (χ2n) is 11.6. The molecule has 3 rings (SSSR count). The molecule has 3 aromatic rings. The number of rotatable bonds is 16. The van der Waals surface area contributed by atoms with Crippen molar-refractivity contribution < 1.29 is 23.7 Å². The minimum Gasteiger partial charge on any atom is -0.417 e. The molecule has 1 N–H and O–H groups in total. The van der Waals surface area contributed by atoms with E-state index in [-0.39, 0.29) is 17.7 Å². The van der Waals surface area contributed by atoms with Gasteiger partial charge >= 0.3 is 0 Å². The molecule has 0 saturated heterocycles. The van der Waals surface area contributed by atoms with Gasteiger partial charge in [-0.15, -0.1) is 0 Å². The van der Waals surface area contributed by atoms with E-state index in [4.69, 9.17) is 18.6 Å². The fourth-order valence-corrected chi connectivity index (χ4v) is 5.03. The third-order valence-electron chi connectivity index (χ3n) is 7.41. The van der Waals surface area contributed by atoms with Gasteiger partial charge in [0, 0.05) is 6.61 Å². The second kappa shape index (κ2) is 15.5. The zero-order chi connectivity index (χ0) is 28.1. The van der Waals surface area contributed by atoms with E-state index in [2.05, 4.69) is 33.9 Å². The third kappa shape index (κ3) is 10.6. The van der Waals surface area contributed by atoms with E-state index in [9.17, 15) is 5.11 Å². The van der Waals surface area contributed by atoms with Crippen LogP contribution in [0.5, 0.6) is 0 Å². The van der Waals surface area contributed by atoms with Gasteiger partial charge in [-0.25, -0.2) is 0 Å². The summed E-state index contributed by atoms with van der Waals surface area (Å²) in [6, 6.07) is 30.1. The Kier molecular flexibility index (Phi) is 12.4. The van der Waals surface area contributed by atoms with Crippen LogP contribution in [0, 0.1) is 0 Å². The molecule has 0 aromatic heterocycles. The highest BCUT2D eigenvalue weighted by Gasteiger charge is 2.38. The summed E-state index contributed by atoms with van der Waals surface area (Å²) in [5, 5.41) is 11.5. The Bertz CT molecular complexity index is 1050. The number of hydrogen-bond acceptors (Lipinski definition) is 5. The van der Waals surface area contributed by atoms with Gasteiger partial charge in [0.1, 0.15) is 12.2 Å². The van der Waals surface area contributed by atoms with Crippen LogP contribution in [-0.4, -0.2) is 44.9 Å². The van der Waals surface area contributed by atoms with Crippen molar-refractivity contribution in [1.82, 2.24) is 0 Å². The minimum atomic E-state index is -1.93. The summed E-state index contributed by atoms with van der Waals surface area (Å²) in [7, 11) is -1.93. The lowest BCUT2D eigenvalue weighted by Gasteiger charge is -2.37. The minimum absolute atomic E-state index is 0.112. The maximum atomic E-state index is 11.4. The first kappa shape index (κ1) is 31.2. The van der Waals surface area contributed by atoms with Crippen LogP contribution in [0.3, 0.4) is 0 Å². The van der Waals surface area contributed by atoms with Crippen molar-refractivity contribution in [2.24, 2.45) is 0 Å². The number of benzene rings is 3. The zero-order valence-electron chi connectivity index (χ0n) is 24.2. The fraction of sp³-hybridized carbons (Fsp3) is 0.455. The zero-order valence-corrected chi connectivity index (χ0v) is 25.2. The van der Waals surface area contributed by atoms with Crippen molar-refractivity contribution in [3.05, 3.63) is 108 Å². The summed E-state index contributed by atoms with van der Waals surface area (Å²) in [5.41, 5.74) is 3.18. The molecule has 6 heteroatoms. The van der Waals surface area contributed by atoms with E-state index < -0.39 is 20.5 Å². The first-order valence-corrected chi connectivity index (χ1v) is 16.8. The van der Waals surface area contributed by atoms with Crippen molar-refractivity contribution in [1.29, 1.82) is 0 Å². The molecule has 0 saturated carbocycles. The molecule has 0 aliphatic heterocycles. The van der Waals surface area contributed by atoms with Gasteiger partial charge < -0.3 is 23.7 Å². The number of aliphatic hydroxyl groups is 1. The average molecular weight is 551 g/mol. The SMILES string of the molecule is CC(C)(C)[Si](C)(C)OCC[C@@H](OCc1ccccc1)[C@@H](OCc1ccccc1)[C@H](O)COCc1ccccc1. The van der Waals surface area contributed by atoms with Gasteiger partial charge in [-0.05, 0) is 41.2 Å². The first-order chi connectivity index (χ1) is 18.7. The molecule has 0 heterocycles. The van der Waals surface area contributed by atoms with Crippen molar-refractivity contribution in [3.8, 4) is 0 Å². The summed E-state index contributed by atoms with van der Waals surface area (Å²) in [6.07, 6.45) is -1.23. The molecule has 0 aliphatic rings. The highest BCUT2D eigenvalue weighted by molar-refractivity contribution is 6.74. The predicted octanol–water partition coefficient (Wildman–Crippen LogP) is 7.15. The Balaban J connectivity index is 1.74. The normalized spacial score (nSPS) is 14.6. The lowest BCUT2D eigenvalue weighted by atomic mass is 10.0. The predicted molar refractivity (Wildman–Crippen MR) is 160 cm³/mol. The molecule has 0 unspecified atom stereocenters. The van der Waals surface area contributed by atoms with Crippen LogP contribution in [0.25, 0.3) is 0 Å². The lowest BCUT2D eigenvalue weighted by Crippen LogP contribution is -2.45. The Morgan fingerprint density at radius 3 is 1.64 bits per heavy atom. The van der Waals surface area contributed by atoms with E-state index in [0.29, 0.717) is 32.8 Å². The molecule has 0 aliphatic carbocycles. The van der Waals surface area contributed by atoms with Crippen molar-refractivity contribution in [3.63, 3.8) is 0 Å². The Hall–Kier alpha value is -2.32. The maximum absolute atomic E-state index is 11.4. The van der Waals surface area contributed by atoms with Gasteiger partial charge in [0.15, 0.2) is 8.32 Å². The molecule has 0 fully saturated rings. The Morgan fingerprint density at radius 1 is 0.692 bits per heavy atom. The quantitative estimate of drug-likeness (QED) is 0.192. The van der Waals surface area contributed by atoms with Gasteiger partial charge in [-0.1, -0.05) is 112 Å². The molecule has 212 valence electrons. The molecule has 0 amide bonds. The van der Waals surface area contributed by atoms with Crippen molar-refractivity contribution in [2.45, 2.75) is 83.5 Å². The van der Waals surface area contributed by atoms with Crippen LogP contribution in [0.15, 0.2) is 91.0 Å². The van der Waals surface area contributed by atoms with Crippen LogP contribution in [0.2, 0.25) is 18.1 Å². The van der Waals surface area contributed by atoms with Crippen LogP contribution < -0.4 is 0 Å². The lowest BCUT2D eigenvalue weighted by molar-refractivity contribution is -0.151. The van der Waals surface area contributed by atoms with Crippen molar-refractivity contribution >= 4 is 8.32 Å². The molecule has 3 aromatic carbocycles. The van der Waals surface area contributed by atoms with Crippen LogP contribution >= 0.6 is 0 Å². The maximum Gasteiger partial charge on any atom is 0.191 e. The number of hydrogen-bond donors (Lipinski definition) is 1. The molecule has 5 nitrogen and oxygen atoms in total. The topological polar surface area (TPSA) is 57.2 Å². The standard InChI is InChI=1S/C33H46O5Si/c1-33(2,3)39(4,5)38-22-21-31(36-24-28-17-11-7-12-18-28)32(37-25-29-19-13-8-14-20-29)30(34)26-35-23-27-15-9-6-10-16-27/h6-20,30-32,34H,21-26H2,1-5H3/t30-,31-,32+/m1/s1. The Morgan fingerprint density at radius 2 is 1.15 bits per heavy atom. The first-order valence-electron chi connectivity index (χ1n) is 13.9. The Labute approximate surface area is 236 Å². The summed E-state index contributed by atoms with van der Waals surface area (Å²) in [6.45, 7) is 13.1. The second-order valence-corrected chi connectivity index (χ2v) is 16.4. The van der Waals surface area contributed by atoms with Crippen LogP contribution in [-0.2, 0) is 38.5 Å². The van der Waals surface area contributed by atoms with Gasteiger partial charge in [0.05, 0.1) is 32.5 Å². The highest BCUT2D eigenvalue weighted by Crippen LogP contribution is 2.36. The van der Waals surface area contributed by atoms with Crippen LogP contribution in [0.1, 0.15) is 43.9 Å². The van der Waals surface area contributed by atoms with Gasteiger partial charge in [0.2, 0.25) is 0 Å².